The summed E-state index contributed by atoms with van der Waals surface area (Å²) in [6.45, 7) is 7.73. The molecule has 3 aliphatic rings. The fourth-order valence-electron chi connectivity index (χ4n) is 4.35. The number of benzene rings is 1. The molecular weight excluding hydrogens is 320 g/mol. The number of carbonyl (C=O) groups is 1. The molecule has 3 heterocycles. The molecule has 1 amide bonds. The standard InChI is InChI=1S/C19H26N2O2S/c1-2-14-11-21(12-17(14)20-7-9-23-10-8-20)19(22)16-13-24-18-6-4-3-5-15(16)18/h3-6,14,16-17H,2,7-13H2,1H3. The Bertz CT molecular complexity index is 603. The van der Waals surface area contributed by atoms with Crippen LogP contribution in [0.25, 0.3) is 0 Å². The Labute approximate surface area is 148 Å². The molecule has 2 fully saturated rings. The molecule has 3 atom stereocenters. The zero-order valence-corrected chi connectivity index (χ0v) is 15.1. The van der Waals surface area contributed by atoms with Crippen molar-refractivity contribution in [3.8, 4) is 0 Å². The van der Waals surface area contributed by atoms with Gasteiger partial charge in [-0.15, -0.1) is 11.8 Å². The van der Waals surface area contributed by atoms with Gasteiger partial charge in [0.15, 0.2) is 0 Å². The molecule has 4 nitrogen and oxygen atoms in total. The highest BCUT2D eigenvalue weighted by Crippen LogP contribution is 2.41. The van der Waals surface area contributed by atoms with E-state index in [0.29, 0.717) is 17.9 Å². The monoisotopic (exact) mass is 346 g/mol. The lowest BCUT2D eigenvalue weighted by Gasteiger charge is -2.34. The average Bonchev–Trinajstić information content (AvgIpc) is 3.26. The van der Waals surface area contributed by atoms with Crippen molar-refractivity contribution < 1.29 is 9.53 Å². The molecule has 2 saturated heterocycles. The van der Waals surface area contributed by atoms with Crippen LogP contribution in [-0.2, 0) is 9.53 Å². The lowest BCUT2D eigenvalue weighted by molar-refractivity contribution is -0.131. The van der Waals surface area contributed by atoms with E-state index in [0.717, 1.165) is 51.6 Å². The van der Waals surface area contributed by atoms with Gasteiger partial charge in [0.25, 0.3) is 0 Å². The van der Waals surface area contributed by atoms with Crippen molar-refractivity contribution in [2.75, 3.05) is 45.1 Å². The summed E-state index contributed by atoms with van der Waals surface area (Å²) in [6.07, 6.45) is 1.14. The molecule has 24 heavy (non-hydrogen) atoms. The Morgan fingerprint density at radius 1 is 1.25 bits per heavy atom. The number of hydrogen-bond acceptors (Lipinski definition) is 4. The molecule has 0 radical (unpaired) electrons. The number of hydrogen-bond donors (Lipinski definition) is 0. The number of amides is 1. The van der Waals surface area contributed by atoms with Gasteiger partial charge in [0.1, 0.15) is 0 Å². The Morgan fingerprint density at radius 3 is 2.83 bits per heavy atom. The maximum Gasteiger partial charge on any atom is 0.231 e. The third-order valence-corrected chi connectivity index (χ3v) is 6.94. The van der Waals surface area contributed by atoms with Gasteiger partial charge in [-0.05, 0) is 17.5 Å². The van der Waals surface area contributed by atoms with E-state index in [1.54, 1.807) is 0 Å². The molecule has 3 aliphatic heterocycles. The van der Waals surface area contributed by atoms with Gasteiger partial charge in [-0.25, -0.2) is 0 Å². The first-order valence-electron chi connectivity index (χ1n) is 9.10. The van der Waals surface area contributed by atoms with Crippen molar-refractivity contribution in [2.24, 2.45) is 5.92 Å². The Hall–Kier alpha value is -1.04. The van der Waals surface area contributed by atoms with E-state index in [1.165, 1.54) is 10.5 Å². The van der Waals surface area contributed by atoms with Crippen LogP contribution in [0.2, 0.25) is 0 Å². The molecule has 1 aromatic carbocycles. The molecule has 0 bridgehead atoms. The fourth-order valence-corrected chi connectivity index (χ4v) is 5.57. The van der Waals surface area contributed by atoms with E-state index in [-0.39, 0.29) is 5.92 Å². The molecule has 130 valence electrons. The summed E-state index contributed by atoms with van der Waals surface area (Å²) in [4.78, 5) is 19.1. The number of thioether (sulfide) groups is 1. The van der Waals surface area contributed by atoms with E-state index in [9.17, 15) is 4.79 Å². The molecule has 0 spiro atoms. The summed E-state index contributed by atoms with van der Waals surface area (Å²) < 4.78 is 5.50. The van der Waals surface area contributed by atoms with Crippen LogP contribution in [0.1, 0.15) is 24.8 Å². The number of ether oxygens (including phenoxy) is 1. The lowest BCUT2D eigenvalue weighted by atomic mass is 9.99. The molecule has 0 aromatic heterocycles. The molecule has 5 heteroatoms. The first-order valence-corrected chi connectivity index (χ1v) is 10.1. The summed E-state index contributed by atoms with van der Waals surface area (Å²) in [5.74, 6) is 1.87. The van der Waals surface area contributed by atoms with Gasteiger partial charge in [-0.2, -0.15) is 0 Å². The van der Waals surface area contributed by atoms with Crippen LogP contribution in [0.15, 0.2) is 29.2 Å². The van der Waals surface area contributed by atoms with Gasteiger partial charge in [-0.1, -0.05) is 31.5 Å². The van der Waals surface area contributed by atoms with Crippen LogP contribution in [0.4, 0.5) is 0 Å². The van der Waals surface area contributed by atoms with Crippen LogP contribution in [0.5, 0.6) is 0 Å². The summed E-state index contributed by atoms with van der Waals surface area (Å²) >= 11 is 1.82. The minimum absolute atomic E-state index is 0.0483. The quantitative estimate of drug-likeness (QED) is 0.842. The number of morpholine rings is 1. The molecule has 0 saturated carbocycles. The molecular formula is C19H26N2O2S. The lowest BCUT2D eigenvalue weighted by Crippen LogP contribution is -2.47. The molecule has 0 aliphatic carbocycles. The number of fused-ring (bicyclic) bond motifs is 1. The second-order valence-electron chi connectivity index (χ2n) is 7.03. The van der Waals surface area contributed by atoms with Crippen molar-refractivity contribution >= 4 is 17.7 Å². The van der Waals surface area contributed by atoms with E-state index < -0.39 is 0 Å². The summed E-state index contributed by atoms with van der Waals surface area (Å²) in [6, 6.07) is 8.90. The SMILES string of the molecule is CCC1CN(C(=O)C2CSc3ccccc32)CC1N1CCOCC1. The third-order valence-electron chi connectivity index (χ3n) is 5.76. The molecule has 0 N–H and O–H groups in total. The smallest absolute Gasteiger partial charge is 0.231 e. The third kappa shape index (κ3) is 2.98. The van der Waals surface area contributed by atoms with E-state index in [2.05, 4.69) is 41.0 Å². The van der Waals surface area contributed by atoms with Crippen LogP contribution in [0.3, 0.4) is 0 Å². The first-order chi connectivity index (χ1) is 11.8. The van der Waals surface area contributed by atoms with Gasteiger partial charge in [-0.3, -0.25) is 9.69 Å². The number of likely N-dealkylation sites (tertiary alicyclic amines) is 1. The van der Waals surface area contributed by atoms with E-state index >= 15 is 0 Å². The largest absolute Gasteiger partial charge is 0.379 e. The van der Waals surface area contributed by atoms with Crippen LogP contribution in [0, 0.1) is 5.92 Å². The van der Waals surface area contributed by atoms with Gasteiger partial charge in [0.05, 0.1) is 19.1 Å². The maximum absolute atomic E-state index is 13.2. The Morgan fingerprint density at radius 2 is 2.04 bits per heavy atom. The predicted octanol–water partition coefficient (Wildman–Crippen LogP) is 2.45. The van der Waals surface area contributed by atoms with Crippen LogP contribution >= 0.6 is 11.8 Å². The maximum atomic E-state index is 13.2. The van der Waals surface area contributed by atoms with Crippen molar-refractivity contribution in [1.29, 1.82) is 0 Å². The Kier molecular flexibility index (Phi) is 4.83. The van der Waals surface area contributed by atoms with Gasteiger partial charge >= 0.3 is 0 Å². The average molecular weight is 346 g/mol. The highest BCUT2D eigenvalue weighted by atomic mass is 32.2. The van der Waals surface area contributed by atoms with Crippen molar-refractivity contribution in [3.05, 3.63) is 29.8 Å². The van der Waals surface area contributed by atoms with Gasteiger partial charge < -0.3 is 9.64 Å². The number of carbonyl (C=O) groups excluding carboxylic acids is 1. The van der Waals surface area contributed by atoms with Crippen molar-refractivity contribution in [1.82, 2.24) is 9.80 Å². The second-order valence-corrected chi connectivity index (χ2v) is 8.09. The van der Waals surface area contributed by atoms with Gasteiger partial charge in [0.2, 0.25) is 5.91 Å². The second kappa shape index (κ2) is 7.06. The van der Waals surface area contributed by atoms with E-state index in [1.807, 2.05) is 11.8 Å². The van der Waals surface area contributed by atoms with Crippen molar-refractivity contribution in [3.63, 3.8) is 0 Å². The molecule has 3 unspecified atom stereocenters. The fraction of sp³-hybridized carbons (Fsp3) is 0.632. The molecule has 1 aromatic rings. The predicted molar refractivity (Wildman–Crippen MR) is 96.4 cm³/mol. The van der Waals surface area contributed by atoms with Crippen LogP contribution < -0.4 is 0 Å². The van der Waals surface area contributed by atoms with Crippen LogP contribution in [-0.4, -0.2) is 66.9 Å². The summed E-state index contributed by atoms with van der Waals surface area (Å²) in [7, 11) is 0. The Balaban J connectivity index is 1.48. The topological polar surface area (TPSA) is 32.8 Å². The summed E-state index contributed by atoms with van der Waals surface area (Å²) in [5, 5.41) is 0. The minimum Gasteiger partial charge on any atom is -0.379 e. The highest BCUT2D eigenvalue weighted by molar-refractivity contribution is 7.99. The minimum atomic E-state index is 0.0483. The normalized spacial score (nSPS) is 30.5. The zero-order chi connectivity index (χ0) is 16.5. The number of rotatable bonds is 3. The highest BCUT2D eigenvalue weighted by Gasteiger charge is 2.41. The van der Waals surface area contributed by atoms with Gasteiger partial charge in [0, 0.05) is 42.9 Å². The zero-order valence-electron chi connectivity index (χ0n) is 14.3. The first kappa shape index (κ1) is 16.4. The summed E-state index contributed by atoms with van der Waals surface area (Å²) in [5.41, 5.74) is 1.23. The van der Waals surface area contributed by atoms with Crippen molar-refractivity contribution in [2.45, 2.75) is 30.2 Å². The van der Waals surface area contributed by atoms with E-state index in [4.69, 9.17) is 4.74 Å². The molecule has 4 rings (SSSR count). The number of nitrogens with zero attached hydrogens (tertiary/aromatic N) is 2.